The van der Waals surface area contributed by atoms with Gasteiger partial charge in [-0.05, 0) is 37.7 Å². The highest BCUT2D eigenvalue weighted by atomic mass is 16.6. The number of carbonyl (C=O) groups excluding carboxylic acids is 1. The third kappa shape index (κ3) is 2.21. The Bertz CT molecular complexity index is 868. The summed E-state index contributed by atoms with van der Waals surface area (Å²) in [6, 6.07) is 2.48. The van der Waals surface area contributed by atoms with Crippen molar-refractivity contribution in [3.05, 3.63) is 24.0 Å². The molecule has 0 aromatic carbocycles. The zero-order valence-corrected chi connectivity index (χ0v) is 14.9. The van der Waals surface area contributed by atoms with E-state index in [-0.39, 0.29) is 24.4 Å². The zero-order chi connectivity index (χ0) is 17.3. The van der Waals surface area contributed by atoms with Gasteiger partial charge >= 0.3 is 6.03 Å². The van der Waals surface area contributed by atoms with E-state index in [1.54, 1.807) is 0 Å². The van der Waals surface area contributed by atoms with Crippen molar-refractivity contribution in [1.29, 1.82) is 0 Å². The van der Waals surface area contributed by atoms with Gasteiger partial charge in [-0.3, -0.25) is 9.80 Å². The van der Waals surface area contributed by atoms with Gasteiger partial charge in [0.15, 0.2) is 6.23 Å². The first-order valence-corrected chi connectivity index (χ1v) is 10.0. The molecular formula is C20H24N4O2. The van der Waals surface area contributed by atoms with Gasteiger partial charge in [0.25, 0.3) is 0 Å². The van der Waals surface area contributed by atoms with Gasteiger partial charge < -0.3 is 9.72 Å². The van der Waals surface area contributed by atoms with Crippen molar-refractivity contribution < 1.29 is 9.53 Å². The molecule has 2 aromatic rings. The number of urea groups is 1. The molecule has 6 nitrogen and oxygen atoms in total. The van der Waals surface area contributed by atoms with Crippen LogP contribution in [0.3, 0.4) is 0 Å². The second-order valence-corrected chi connectivity index (χ2v) is 8.29. The summed E-state index contributed by atoms with van der Waals surface area (Å²) in [7, 11) is 0. The molecule has 2 saturated carbocycles. The van der Waals surface area contributed by atoms with E-state index < -0.39 is 0 Å². The van der Waals surface area contributed by atoms with Crippen molar-refractivity contribution in [2.75, 3.05) is 11.4 Å². The topological polar surface area (TPSA) is 64.8 Å². The molecule has 1 saturated heterocycles. The van der Waals surface area contributed by atoms with Crippen LogP contribution in [0.15, 0.2) is 18.5 Å². The lowest BCUT2D eigenvalue weighted by Crippen LogP contribution is -2.50. The Hall–Kier alpha value is -2.08. The maximum absolute atomic E-state index is 13.7. The fourth-order valence-electron chi connectivity index (χ4n) is 4.84. The van der Waals surface area contributed by atoms with Crippen LogP contribution in [0.2, 0.25) is 0 Å². The highest BCUT2D eigenvalue weighted by Crippen LogP contribution is 2.51. The first kappa shape index (κ1) is 15.0. The highest BCUT2D eigenvalue weighted by Gasteiger charge is 2.54. The first-order valence-electron chi connectivity index (χ1n) is 10.0. The molecule has 0 radical (unpaired) electrons. The van der Waals surface area contributed by atoms with Crippen LogP contribution in [-0.2, 0) is 4.74 Å². The number of amides is 2. The van der Waals surface area contributed by atoms with Crippen molar-refractivity contribution in [2.45, 2.75) is 63.3 Å². The Balaban J connectivity index is 1.51. The molecule has 26 heavy (non-hydrogen) atoms. The van der Waals surface area contributed by atoms with Crippen LogP contribution in [-0.4, -0.2) is 39.7 Å². The van der Waals surface area contributed by atoms with Gasteiger partial charge in [-0.25, -0.2) is 9.78 Å². The lowest BCUT2D eigenvalue weighted by molar-refractivity contribution is 0.164. The van der Waals surface area contributed by atoms with E-state index in [0.717, 1.165) is 41.7 Å². The summed E-state index contributed by atoms with van der Waals surface area (Å²) >= 11 is 0. The summed E-state index contributed by atoms with van der Waals surface area (Å²) in [4.78, 5) is 25.6. The van der Waals surface area contributed by atoms with Gasteiger partial charge in [0, 0.05) is 35.9 Å². The van der Waals surface area contributed by atoms with Crippen molar-refractivity contribution in [2.24, 2.45) is 5.92 Å². The fraction of sp³-hybridized carbons (Fsp3) is 0.600. The minimum absolute atomic E-state index is 0.0203. The van der Waals surface area contributed by atoms with Crippen LogP contribution in [0.25, 0.3) is 11.0 Å². The molecule has 0 bridgehead atoms. The van der Waals surface area contributed by atoms with Crippen LogP contribution in [0.1, 0.15) is 56.6 Å². The summed E-state index contributed by atoms with van der Waals surface area (Å²) < 4.78 is 5.99. The van der Waals surface area contributed by atoms with E-state index in [4.69, 9.17) is 4.74 Å². The molecular weight excluding hydrogens is 328 g/mol. The number of hydrogen-bond acceptors (Lipinski definition) is 3. The number of hydrogen-bond donors (Lipinski definition) is 1. The second kappa shape index (κ2) is 5.46. The fourth-order valence-corrected chi connectivity index (χ4v) is 4.84. The molecule has 0 spiro atoms. The number of anilines is 1. The number of pyridine rings is 1. The van der Waals surface area contributed by atoms with Crippen LogP contribution < -0.4 is 4.90 Å². The maximum Gasteiger partial charge on any atom is 0.326 e. The van der Waals surface area contributed by atoms with Gasteiger partial charge in [-0.2, -0.15) is 0 Å². The molecule has 6 rings (SSSR count). The summed E-state index contributed by atoms with van der Waals surface area (Å²) in [5, 5.41) is 1.05. The number of ether oxygens (including phenoxy) is 1. The van der Waals surface area contributed by atoms with Gasteiger partial charge in [0.1, 0.15) is 11.8 Å². The van der Waals surface area contributed by atoms with E-state index in [1.165, 1.54) is 32.1 Å². The molecule has 2 atom stereocenters. The van der Waals surface area contributed by atoms with Gasteiger partial charge in [0.2, 0.25) is 0 Å². The molecule has 4 aliphatic rings. The number of fused-ring (bicyclic) bond motifs is 5. The van der Waals surface area contributed by atoms with Gasteiger partial charge in [-0.1, -0.05) is 19.3 Å². The van der Waals surface area contributed by atoms with Crippen LogP contribution in [0, 0.1) is 5.92 Å². The van der Waals surface area contributed by atoms with E-state index >= 15 is 0 Å². The lowest BCUT2D eigenvalue weighted by atomic mass is 9.93. The second-order valence-electron chi connectivity index (χ2n) is 8.29. The third-order valence-electron chi connectivity index (χ3n) is 6.45. The standard InChI is InChI=1S/C20H24N4O2/c25-20-23(11-12-6-7-12)19-17(26-19)15-10-22-18-14(8-9-21-18)16(15)24(20)13-4-2-1-3-5-13/h8-10,12-13,17,19H,1-7,11H2,(H,21,22). The molecule has 2 aliphatic carbocycles. The van der Waals surface area contributed by atoms with Crippen molar-refractivity contribution in [3.8, 4) is 0 Å². The summed E-state index contributed by atoms with van der Waals surface area (Å²) in [6.07, 6.45) is 12.1. The predicted octanol–water partition coefficient (Wildman–Crippen LogP) is 3.95. The zero-order valence-electron chi connectivity index (χ0n) is 14.9. The molecule has 2 unspecified atom stereocenters. The minimum atomic E-state index is -0.103. The Kier molecular flexibility index (Phi) is 3.15. The maximum atomic E-state index is 13.7. The predicted molar refractivity (Wildman–Crippen MR) is 97.9 cm³/mol. The average molecular weight is 352 g/mol. The Morgan fingerprint density at radius 2 is 2.04 bits per heavy atom. The number of aromatic nitrogens is 2. The van der Waals surface area contributed by atoms with Crippen LogP contribution in [0.5, 0.6) is 0 Å². The molecule has 6 heteroatoms. The lowest BCUT2D eigenvalue weighted by Gasteiger charge is -2.37. The van der Waals surface area contributed by atoms with Crippen molar-refractivity contribution >= 4 is 22.8 Å². The minimum Gasteiger partial charge on any atom is -0.346 e. The smallest absolute Gasteiger partial charge is 0.326 e. The van der Waals surface area contributed by atoms with Gasteiger partial charge in [-0.15, -0.1) is 0 Å². The van der Waals surface area contributed by atoms with Crippen molar-refractivity contribution in [3.63, 3.8) is 0 Å². The number of epoxide rings is 1. The van der Waals surface area contributed by atoms with E-state index in [9.17, 15) is 4.79 Å². The number of rotatable bonds is 3. The molecule has 3 fully saturated rings. The number of aromatic amines is 1. The van der Waals surface area contributed by atoms with E-state index in [0.29, 0.717) is 5.92 Å². The molecule has 4 heterocycles. The van der Waals surface area contributed by atoms with E-state index in [2.05, 4.69) is 20.9 Å². The molecule has 1 N–H and O–H groups in total. The highest BCUT2D eigenvalue weighted by molar-refractivity contribution is 6.04. The molecule has 2 aromatic heterocycles. The molecule has 2 amide bonds. The number of nitrogens with zero attached hydrogens (tertiary/aromatic N) is 3. The SMILES string of the molecule is O=C1N(CC2CC2)C2OC2c2cnc3[nH]ccc3c2N1C1CCCCC1. The summed E-state index contributed by atoms with van der Waals surface area (Å²) in [5.74, 6) is 0.656. The van der Waals surface area contributed by atoms with Crippen LogP contribution in [0.4, 0.5) is 10.5 Å². The number of nitrogens with one attached hydrogen (secondary N) is 1. The molecule has 2 aliphatic heterocycles. The van der Waals surface area contributed by atoms with Crippen LogP contribution >= 0.6 is 0 Å². The summed E-state index contributed by atoms with van der Waals surface area (Å²) in [5.41, 5.74) is 2.98. The Morgan fingerprint density at radius 3 is 2.85 bits per heavy atom. The normalized spacial score (nSPS) is 28.8. The third-order valence-corrected chi connectivity index (χ3v) is 6.45. The van der Waals surface area contributed by atoms with Crippen molar-refractivity contribution in [1.82, 2.24) is 14.9 Å². The monoisotopic (exact) mass is 352 g/mol. The average Bonchev–Trinajstić information content (AvgIpc) is 3.58. The Labute approximate surface area is 152 Å². The molecule has 136 valence electrons. The first-order chi connectivity index (χ1) is 12.8. The number of carbonyl (C=O) groups is 1. The Morgan fingerprint density at radius 1 is 1.19 bits per heavy atom. The van der Waals surface area contributed by atoms with E-state index in [1.807, 2.05) is 17.3 Å². The van der Waals surface area contributed by atoms with Gasteiger partial charge in [0.05, 0.1) is 5.69 Å². The largest absolute Gasteiger partial charge is 0.346 e. The number of H-pyrrole nitrogens is 1. The summed E-state index contributed by atoms with van der Waals surface area (Å²) in [6.45, 7) is 0.834. The quantitative estimate of drug-likeness (QED) is 0.851.